The van der Waals surface area contributed by atoms with Crippen molar-refractivity contribution in [3.8, 4) is 0 Å². The molecule has 1 rings (SSSR count). The molecule has 1 aromatic rings. The number of aliphatic hydroxyl groups is 1. The van der Waals surface area contributed by atoms with Crippen LogP contribution in [0.4, 0.5) is 0 Å². The predicted molar refractivity (Wildman–Crippen MR) is 63.1 cm³/mol. The summed E-state index contributed by atoms with van der Waals surface area (Å²) in [5.41, 5.74) is 1.04. The van der Waals surface area contributed by atoms with Crippen LogP contribution >= 0.6 is 11.6 Å². The van der Waals surface area contributed by atoms with Gasteiger partial charge >= 0.3 is 0 Å². The molecule has 2 nitrogen and oxygen atoms in total. The van der Waals surface area contributed by atoms with Gasteiger partial charge in [-0.3, -0.25) is 4.98 Å². The number of aliphatic hydroxyl groups excluding tert-OH is 1. The second-order valence-electron chi connectivity index (χ2n) is 4.01. The fourth-order valence-electron chi connectivity index (χ4n) is 1.73. The third kappa shape index (κ3) is 2.93. The molecule has 0 radical (unpaired) electrons. The van der Waals surface area contributed by atoms with Gasteiger partial charge in [-0.2, -0.15) is 0 Å². The number of halogens is 1. The first-order valence-electron chi connectivity index (χ1n) is 5.36. The zero-order chi connectivity index (χ0) is 11.3. The van der Waals surface area contributed by atoms with Gasteiger partial charge in [0.05, 0.1) is 5.02 Å². The average molecular weight is 228 g/mol. The van der Waals surface area contributed by atoms with Crippen LogP contribution in [0.15, 0.2) is 18.5 Å². The molecule has 0 spiro atoms. The first-order chi connectivity index (χ1) is 7.17. The van der Waals surface area contributed by atoms with Gasteiger partial charge in [0.15, 0.2) is 0 Å². The van der Waals surface area contributed by atoms with Gasteiger partial charge in [-0.05, 0) is 36.3 Å². The molecule has 0 saturated carbocycles. The Morgan fingerprint density at radius 2 is 2.07 bits per heavy atom. The van der Waals surface area contributed by atoms with Crippen molar-refractivity contribution in [3.63, 3.8) is 0 Å². The van der Waals surface area contributed by atoms with Crippen LogP contribution in [0.2, 0.25) is 5.02 Å². The molecular weight excluding hydrogens is 210 g/mol. The molecule has 0 aliphatic carbocycles. The number of rotatable bonds is 5. The van der Waals surface area contributed by atoms with Crippen LogP contribution in [-0.4, -0.2) is 16.7 Å². The van der Waals surface area contributed by atoms with E-state index in [0.717, 1.165) is 24.8 Å². The topological polar surface area (TPSA) is 33.1 Å². The van der Waals surface area contributed by atoms with Crippen LogP contribution in [0.25, 0.3) is 0 Å². The van der Waals surface area contributed by atoms with Crippen molar-refractivity contribution in [1.29, 1.82) is 0 Å². The van der Waals surface area contributed by atoms with E-state index in [0.29, 0.717) is 5.02 Å². The number of nitrogens with zero attached hydrogens (tertiary/aromatic N) is 1. The summed E-state index contributed by atoms with van der Waals surface area (Å²) in [5, 5.41) is 10.2. The van der Waals surface area contributed by atoms with E-state index in [1.54, 1.807) is 12.4 Å². The summed E-state index contributed by atoms with van der Waals surface area (Å²) in [6.45, 7) is 4.42. The van der Waals surface area contributed by atoms with E-state index in [2.05, 4.69) is 18.8 Å². The quantitative estimate of drug-likeness (QED) is 0.839. The van der Waals surface area contributed by atoms with Gasteiger partial charge in [0.1, 0.15) is 0 Å². The van der Waals surface area contributed by atoms with Gasteiger partial charge in [-0.25, -0.2) is 0 Å². The molecule has 84 valence electrons. The van der Waals surface area contributed by atoms with Crippen molar-refractivity contribution in [2.75, 3.05) is 6.61 Å². The van der Waals surface area contributed by atoms with Crippen molar-refractivity contribution in [2.45, 2.75) is 33.1 Å². The maximum Gasteiger partial charge on any atom is 0.0621 e. The van der Waals surface area contributed by atoms with Gasteiger partial charge in [-0.1, -0.05) is 25.4 Å². The first kappa shape index (κ1) is 12.5. The lowest BCUT2D eigenvalue weighted by Gasteiger charge is -2.29. The highest BCUT2D eigenvalue weighted by molar-refractivity contribution is 6.31. The SMILES string of the molecule is CCC(CC)(CO)Cc1ccncc1Cl. The van der Waals surface area contributed by atoms with E-state index in [1.807, 2.05) is 6.07 Å². The van der Waals surface area contributed by atoms with Crippen LogP contribution in [0, 0.1) is 5.41 Å². The third-order valence-electron chi connectivity index (χ3n) is 3.26. The summed E-state index contributed by atoms with van der Waals surface area (Å²) in [7, 11) is 0. The number of hydrogen-bond acceptors (Lipinski definition) is 2. The van der Waals surface area contributed by atoms with E-state index in [-0.39, 0.29) is 12.0 Å². The molecule has 0 aromatic carbocycles. The van der Waals surface area contributed by atoms with Gasteiger partial charge < -0.3 is 5.11 Å². The Morgan fingerprint density at radius 3 is 2.53 bits per heavy atom. The summed E-state index contributed by atoms with van der Waals surface area (Å²) in [5.74, 6) is 0. The Balaban J connectivity index is 2.88. The number of aromatic nitrogens is 1. The highest BCUT2D eigenvalue weighted by Crippen LogP contribution is 2.32. The molecule has 3 heteroatoms. The van der Waals surface area contributed by atoms with E-state index in [1.165, 1.54) is 0 Å². The van der Waals surface area contributed by atoms with E-state index in [4.69, 9.17) is 11.6 Å². The minimum absolute atomic E-state index is 0.0367. The van der Waals surface area contributed by atoms with Crippen molar-refractivity contribution in [3.05, 3.63) is 29.0 Å². The Morgan fingerprint density at radius 1 is 1.40 bits per heavy atom. The molecule has 0 aliphatic heterocycles. The van der Waals surface area contributed by atoms with Crippen LogP contribution in [0.3, 0.4) is 0 Å². The Bertz CT molecular complexity index is 302. The first-order valence-corrected chi connectivity index (χ1v) is 5.74. The maximum absolute atomic E-state index is 9.47. The van der Waals surface area contributed by atoms with E-state index in [9.17, 15) is 5.11 Å². The molecule has 1 N–H and O–H groups in total. The van der Waals surface area contributed by atoms with Crippen LogP contribution in [0.5, 0.6) is 0 Å². The lowest BCUT2D eigenvalue weighted by molar-refractivity contribution is 0.115. The molecule has 1 aromatic heterocycles. The lowest BCUT2D eigenvalue weighted by Crippen LogP contribution is -2.26. The molecule has 0 atom stereocenters. The van der Waals surface area contributed by atoms with Crippen LogP contribution < -0.4 is 0 Å². The number of pyridine rings is 1. The summed E-state index contributed by atoms with van der Waals surface area (Å²) in [4.78, 5) is 3.96. The molecule has 0 fully saturated rings. The Kier molecular flexibility index (Phi) is 4.55. The molecule has 0 amide bonds. The zero-order valence-electron chi connectivity index (χ0n) is 9.33. The predicted octanol–water partition coefficient (Wildman–Crippen LogP) is 3.08. The molecule has 1 heterocycles. The minimum atomic E-state index is -0.0367. The lowest BCUT2D eigenvalue weighted by atomic mass is 9.78. The maximum atomic E-state index is 9.47. The van der Waals surface area contributed by atoms with Crippen molar-refractivity contribution >= 4 is 11.6 Å². The minimum Gasteiger partial charge on any atom is -0.396 e. The van der Waals surface area contributed by atoms with E-state index < -0.39 is 0 Å². The summed E-state index contributed by atoms with van der Waals surface area (Å²) in [6.07, 6.45) is 6.13. The second kappa shape index (κ2) is 5.47. The van der Waals surface area contributed by atoms with Crippen LogP contribution in [-0.2, 0) is 6.42 Å². The van der Waals surface area contributed by atoms with Gasteiger partial charge in [0.2, 0.25) is 0 Å². The molecule has 0 aliphatic rings. The van der Waals surface area contributed by atoms with Gasteiger partial charge in [-0.15, -0.1) is 0 Å². The summed E-state index contributed by atoms with van der Waals surface area (Å²) >= 11 is 6.06. The summed E-state index contributed by atoms with van der Waals surface area (Å²) in [6, 6.07) is 1.93. The molecule has 15 heavy (non-hydrogen) atoms. The number of hydrogen-bond donors (Lipinski definition) is 1. The standard InChI is InChI=1S/C12H18ClNO/c1-3-12(4-2,9-15)7-10-5-6-14-8-11(10)13/h5-6,8,15H,3-4,7,9H2,1-2H3. The fraction of sp³-hybridized carbons (Fsp3) is 0.583. The Labute approximate surface area is 96.3 Å². The molecule has 0 bridgehead atoms. The highest BCUT2D eigenvalue weighted by Gasteiger charge is 2.26. The molecule has 0 saturated heterocycles. The van der Waals surface area contributed by atoms with Crippen molar-refractivity contribution in [2.24, 2.45) is 5.41 Å². The Hall–Kier alpha value is -0.600. The third-order valence-corrected chi connectivity index (χ3v) is 3.60. The largest absolute Gasteiger partial charge is 0.396 e. The highest BCUT2D eigenvalue weighted by atomic mass is 35.5. The smallest absolute Gasteiger partial charge is 0.0621 e. The monoisotopic (exact) mass is 227 g/mol. The molecular formula is C12H18ClNO. The second-order valence-corrected chi connectivity index (χ2v) is 4.42. The van der Waals surface area contributed by atoms with E-state index >= 15 is 0 Å². The average Bonchev–Trinajstić information content (AvgIpc) is 2.29. The normalized spacial score (nSPS) is 11.7. The zero-order valence-corrected chi connectivity index (χ0v) is 10.1. The fourth-order valence-corrected chi connectivity index (χ4v) is 1.92. The summed E-state index contributed by atoms with van der Waals surface area (Å²) < 4.78 is 0. The van der Waals surface area contributed by atoms with Gasteiger partial charge in [0.25, 0.3) is 0 Å². The van der Waals surface area contributed by atoms with Crippen molar-refractivity contribution in [1.82, 2.24) is 4.98 Å². The van der Waals surface area contributed by atoms with Crippen molar-refractivity contribution < 1.29 is 5.11 Å². The van der Waals surface area contributed by atoms with Gasteiger partial charge in [0, 0.05) is 19.0 Å². The molecule has 0 unspecified atom stereocenters. The van der Waals surface area contributed by atoms with Crippen LogP contribution in [0.1, 0.15) is 32.3 Å².